The number of hydrogen-bond acceptors (Lipinski definition) is 11. The van der Waals surface area contributed by atoms with Crippen LogP contribution < -0.4 is 15.2 Å². The van der Waals surface area contributed by atoms with E-state index in [1.165, 1.54) is 30.0 Å². The van der Waals surface area contributed by atoms with Crippen molar-refractivity contribution in [2.24, 2.45) is 0 Å². The first-order chi connectivity index (χ1) is 16.8. The summed E-state index contributed by atoms with van der Waals surface area (Å²) in [5.41, 5.74) is -0.440. The summed E-state index contributed by atoms with van der Waals surface area (Å²) in [5.74, 6) is -1.33. The maximum Gasteiger partial charge on any atom is 0.446 e. The van der Waals surface area contributed by atoms with Gasteiger partial charge in [-0.15, -0.1) is 0 Å². The summed E-state index contributed by atoms with van der Waals surface area (Å²) in [7, 11) is -4.11. The number of hydrogen-bond donors (Lipinski definition) is 2. The van der Waals surface area contributed by atoms with Gasteiger partial charge in [0.25, 0.3) is 0 Å². The van der Waals surface area contributed by atoms with Crippen LogP contribution in [-0.4, -0.2) is 51.4 Å². The second-order valence-electron chi connectivity index (χ2n) is 8.76. The molecule has 1 aliphatic rings. The lowest BCUT2D eigenvalue weighted by atomic mass is 9.93. The molecule has 1 saturated carbocycles. The molecule has 17 heteroatoms. The lowest BCUT2D eigenvalue weighted by molar-refractivity contribution is 0.0569. The quantitative estimate of drug-likeness (QED) is 0.405. The Kier molecular flexibility index (Phi) is 7.27. The van der Waals surface area contributed by atoms with E-state index in [1.807, 2.05) is 4.72 Å². The largest absolute Gasteiger partial charge is 0.446 e. The van der Waals surface area contributed by atoms with E-state index in [0.29, 0.717) is 17.9 Å². The summed E-state index contributed by atoms with van der Waals surface area (Å²) in [6, 6.07) is 3.50. The lowest BCUT2D eigenvalue weighted by Gasteiger charge is -2.34. The molecule has 0 unspecified atom stereocenters. The van der Waals surface area contributed by atoms with Crippen molar-refractivity contribution in [1.82, 2.24) is 29.5 Å². The zero-order valence-corrected chi connectivity index (χ0v) is 22.2. The summed E-state index contributed by atoms with van der Waals surface area (Å²) < 4.78 is 58.0. The standard InChI is InChI=1S/C19H20BrFN6O7S2/c1-19(2,3)32-17(28)26-36(30,31)25-9-6-11(7-9)35-16-14(22-34-24-16)15-23-33-18(29)27(15)10-4-5-13(21)12(20)8-10/h4-5,8-9,11,25H,6-7H2,1-3H3,(H,26,28). The fraction of sp³-hybridized carbons (Fsp3) is 0.421. The van der Waals surface area contributed by atoms with Gasteiger partial charge in [-0.05, 0) is 78.1 Å². The highest BCUT2D eigenvalue weighted by Gasteiger charge is 2.36. The average Bonchev–Trinajstić information content (AvgIpc) is 3.32. The van der Waals surface area contributed by atoms with E-state index in [1.54, 1.807) is 20.8 Å². The summed E-state index contributed by atoms with van der Waals surface area (Å²) in [6.07, 6.45) is -0.240. The second-order valence-corrected chi connectivity index (χ2v) is 12.3. The molecule has 1 fully saturated rings. The monoisotopic (exact) mass is 606 g/mol. The Labute approximate surface area is 216 Å². The smallest absolute Gasteiger partial charge is 0.443 e. The Morgan fingerprint density at radius 1 is 1.28 bits per heavy atom. The van der Waals surface area contributed by atoms with Crippen LogP contribution in [0.25, 0.3) is 17.2 Å². The number of thioether (sulfide) groups is 1. The number of halogens is 2. The van der Waals surface area contributed by atoms with Crippen molar-refractivity contribution in [3.63, 3.8) is 0 Å². The van der Waals surface area contributed by atoms with Crippen LogP contribution in [0.3, 0.4) is 0 Å². The van der Waals surface area contributed by atoms with Gasteiger partial charge in [-0.3, -0.25) is 4.52 Å². The zero-order chi connectivity index (χ0) is 26.3. The molecule has 0 bridgehead atoms. The van der Waals surface area contributed by atoms with Crippen molar-refractivity contribution in [1.29, 1.82) is 0 Å². The fourth-order valence-electron chi connectivity index (χ4n) is 3.22. The number of ether oxygens (including phenoxy) is 1. The highest BCUT2D eigenvalue weighted by molar-refractivity contribution is 9.10. The summed E-state index contributed by atoms with van der Waals surface area (Å²) in [4.78, 5) is 24.0. The van der Waals surface area contributed by atoms with Gasteiger partial charge in [-0.25, -0.2) is 27.9 Å². The maximum absolute atomic E-state index is 13.6. The molecule has 13 nitrogen and oxygen atoms in total. The van der Waals surface area contributed by atoms with E-state index in [0.717, 1.165) is 4.57 Å². The minimum absolute atomic E-state index is 0.000366. The van der Waals surface area contributed by atoms with Crippen molar-refractivity contribution in [3.05, 3.63) is 39.0 Å². The van der Waals surface area contributed by atoms with E-state index in [2.05, 4.69) is 36.1 Å². The topological polar surface area (TPSA) is 171 Å². The van der Waals surface area contributed by atoms with Crippen LogP contribution in [-0.2, 0) is 14.9 Å². The highest BCUT2D eigenvalue weighted by atomic mass is 79.9. The predicted molar refractivity (Wildman–Crippen MR) is 127 cm³/mol. The van der Waals surface area contributed by atoms with E-state index in [4.69, 9.17) is 13.9 Å². The first-order valence-electron chi connectivity index (χ1n) is 10.4. The molecule has 1 amide bonds. The van der Waals surface area contributed by atoms with Gasteiger partial charge >= 0.3 is 22.1 Å². The molecule has 3 aromatic rings. The number of nitrogens with one attached hydrogen (secondary N) is 2. The Morgan fingerprint density at radius 2 is 2.00 bits per heavy atom. The van der Waals surface area contributed by atoms with Crippen LogP contribution >= 0.6 is 27.7 Å². The van der Waals surface area contributed by atoms with Crippen molar-refractivity contribution in [2.45, 2.75) is 55.5 Å². The third kappa shape index (κ3) is 6.13. The van der Waals surface area contributed by atoms with Gasteiger partial charge in [0.1, 0.15) is 11.4 Å². The van der Waals surface area contributed by atoms with Gasteiger partial charge in [-0.1, -0.05) is 16.9 Å². The van der Waals surface area contributed by atoms with Gasteiger partial charge in [-0.2, -0.15) is 13.1 Å². The van der Waals surface area contributed by atoms with Gasteiger partial charge in [0.05, 0.1) is 10.2 Å². The average molecular weight is 607 g/mol. The Balaban J connectivity index is 1.41. The molecule has 2 aromatic heterocycles. The lowest BCUT2D eigenvalue weighted by Crippen LogP contribution is -2.51. The molecule has 1 aromatic carbocycles. The van der Waals surface area contributed by atoms with E-state index < -0.39 is 39.5 Å². The number of carbonyl (C=O) groups is 1. The number of nitrogens with zero attached hydrogens (tertiary/aromatic N) is 4. The first-order valence-corrected chi connectivity index (χ1v) is 13.5. The molecular formula is C19H20BrFN6O7S2. The van der Waals surface area contributed by atoms with Crippen molar-refractivity contribution >= 4 is 44.0 Å². The van der Waals surface area contributed by atoms with Crippen molar-refractivity contribution in [2.75, 3.05) is 0 Å². The highest BCUT2D eigenvalue weighted by Crippen LogP contribution is 2.39. The fourth-order valence-corrected chi connectivity index (χ4v) is 5.83. The Bertz CT molecular complexity index is 1440. The third-order valence-corrected chi connectivity index (χ3v) is 7.64. The second kappa shape index (κ2) is 9.95. The Morgan fingerprint density at radius 3 is 2.67 bits per heavy atom. The Hall–Kier alpha value is -2.76. The molecule has 36 heavy (non-hydrogen) atoms. The molecule has 2 N–H and O–H groups in total. The number of rotatable bonds is 7. The molecule has 0 radical (unpaired) electrons. The van der Waals surface area contributed by atoms with Crippen LogP contribution in [0.1, 0.15) is 33.6 Å². The maximum atomic E-state index is 13.6. The first kappa shape index (κ1) is 26.3. The molecule has 1 aliphatic carbocycles. The predicted octanol–water partition coefficient (Wildman–Crippen LogP) is 2.76. The van der Waals surface area contributed by atoms with Gasteiger partial charge < -0.3 is 4.74 Å². The molecule has 194 valence electrons. The minimum Gasteiger partial charge on any atom is -0.443 e. The zero-order valence-electron chi connectivity index (χ0n) is 19.0. The van der Waals surface area contributed by atoms with Gasteiger partial charge in [0.2, 0.25) is 5.82 Å². The number of carbonyl (C=O) groups excluding carboxylic acids is 1. The molecule has 4 rings (SSSR count). The van der Waals surface area contributed by atoms with E-state index in [-0.39, 0.29) is 26.9 Å². The molecule has 2 heterocycles. The molecule has 0 atom stereocenters. The van der Waals surface area contributed by atoms with Crippen LogP contribution in [0.15, 0.2) is 41.6 Å². The van der Waals surface area contributed by atoms with Gasteiger partial charge in [0.15, 0.2) is 10.7 Å². The number of amides is 1. The normalized spacial score (nSPS) is 18.0. The molecule has 0 spiro atoms. The van der Waals surface area contributed by atoms with E-state index in [9.17, 15) is 22.4 Å². The van der Waals surface area contributed by atoms with Crippen LogP contribution in [0.5, 0.6) is 0 Å². The van der Waals surface area contributed by atoms with Crippen molar-refractivity contribution < 1.29 is 31.5 Å². The SMILES string of the molecule is CC(C)(C)OC(=O)NS(=O)(=O)NC1CC(Sc2nonc2-c2noc(=O)n2-c2ccc(F)c(Br)c2)C1. The number of benzene rings is 1. The van der Waals surface area contributed by atoms with Crippen LogP contribution in [0.2, 0.25) is 0 Å². The summed E-state index contributed by atoms with van der Waals surface area (Å²) >= 11 is 4.32. The minimum atomic E-state index is -4.11. The molecular weight excluding hydrogens is 587 g/mol. The summed E-state index contributed by atoms with van der Waals surface area (Å²) in [5, 5.41) is 11.7. The third-order valence-electron chi connectivity index (χ3n) is 4.75. The molecule has 0 saturated heterocycles. The number of aromatic nitrogens is 4. The van der Waals surface area contributed by atoms with Crippen LogP contribution in [0.4, 0.5) is 9.18 Å². The van der Waals surface area contributed by atoms with Gasteiger partial charge in [0, 0.05) is 11.3 Å². The summed E-state index contributed by atoms with van der Waals surface area (Å²) in [6.45, 7) is 4.85. The van der Waals surface area contributed by atoms with Crippen LogP contribution in [0, 0.1) is 5.82 Å². The van der Waals surface area contributed by atoms with E-state index >= 15 is 0 Å². The van der Waals surface area contributed by atoms with Crippen molar-refractivity contribution in [3.8, 4) is 17.2 Å². The molecule has 0 aliphatic heterocycles.